The van der Waals surface area contributed by atoms with Gasteiger partial charge in [-0.1, -0.05) is 49.4 Å². The van der Waals surface area contributed by atoms with Crippen molar-refractivity contribution in [2.45, 2.75) is 32.2 Å². The third-order valence-corrected chi connectivity index (χ3v) is 5.38. The molecule has 1 aliphatic rings. The molecule has 4 heteroatoms. The van der Waals surface area contributed by atoms with Crippen molar-refractivity contribution < 1.29 is 4.79 Å². The van der Waals surface area contributed by atoms with Crippen molar-refractivity contribution in [3.8, 4) is 0 Å². The SMILES string of the molecule is C[C@@H](c1ccccc1)c1nccn1Cc1ccc(C(=O)N2CCCC2)cc1. The van der Waals surface area contributed by atoms with Crippen molar-refractivity contribution in [1.82, 2.24) is 14.5 Å². The highest BCUT2D eigenvalue weighted by Crippen LogP contribution is 2.23. The van der Waals surface area contributed by atoms with Crippen LogP contribution in [0.1, 0.15) is 53.0 Å². The molecule has 0 N–H and O–H groups in total. The van der Waals surface area contributed by atoms with Crippen LogP contribution >= 0.6 is 0 Å². The van der Waals surface area contributed by atoms with Gasteiger partial charge in [-0.25, -0.2) is 4.98 Å². The van der Waals surface area contributed by atoms with Gasteiger partial charge in [-0.2, -0.15) is 0 Å². The van der Waals surface area contributed by atoms with Gasteiger partial charge < -0.3 is 9.47 Å². The third kappa shape index (κ3) is 3.80. The van der Waals surface area contributed by atoms with Gasteiger partial charge in [0, 0.05) is 43.5 Å². The van der Waals surface area contributed by atoms with Crippen LogP contribution in [0, 0.1) is 0 Å². The molecule has 0 radical (unpaired) electrons. The number of hydrogen-bond acceptors (Lipinski definition) is 2. The number of nitrogens with zero attached hydrogens (tertiary/aromatic N) is 3. The summed E-state index contributed by atoms with van der Waals surface area (Å²) in [5.41, 5.74) is 3.22. The lowest BCUT2D eigenvalue weighted by Crippen LogP contribution is -2.27. The predicted octanol–water partition coefficient (Wildman–Crippen LogP) is 4.32. The molecular formula is C23H25N3O. The Morgan fingerprint density at radius 1 is 1.04 bits per heavy atom. The van der Waals surface area contributed by atoms with E-state index < -0.39 is 0 Å². The largest absolute Gasteiger partial charge is 0.339 e. The average molecular weight is 359 g/mol. The van der Waals surface area contributed by atoms with Gasteiger partial charge in [-0.15, -0.1) is 0 Å². The molecule has 1 atom stereocenters. The van der Waals surface area contributed by atoms with E-state index in [-0.39, 0.29) is 11.8 Å². The standard InChI is InChI=1S/C23H25N3O/c1-18(20-7-3-2-4-8-20)22-24-13-16-26(22)17-19-9-11-21(12-10-19)23(27)25-14-5-6-15-25/h2-4,7-13,16,18H,5-6,14-15,17H2,1H3/t18-/m0/s1. The Balaban J connectivity index is 1.49. The normalized spacial score (nSPS) is 15.1. The summed E-state index contributed by atoms with van der Waals surface area (Å²) in [6, 6.07) is 18.5. The maximum absolute atomic E-state index is 12.5. The lowest BCUT2D eigenvalue weighted by atomic mass is 10.0. The van der Waals surface area contributed by atoms with Crippen molar-refractivity contribution in [1.29, 1.82) is 0 Å². The Morgan fingerprint density at radius 2 is 1.74 bits per heavy atom. The van der Waals surface area contributed by atoms with Crippen molar-refractivity contribution in [2.75, 3.05) is 13.1 Å². The highest BCUT2D eigenvalue weighted by Gasteiger charge is 2.19. The summed E-state index contributed by atoms with van der Waals surface area (Å²) in [4.78, 5) is 19.0. The van der Waals surface area contributed by atoms with E-state index in [0.29, 0.717) is 0 Å². The van der Waals surface area contributed by atoms with Gasteiger partial charge in [0.05, 0.1) is 0 Å². The molecular weight excluding hydrogens is 334 g/mol. The van der Waals surface area contributed by atoms with Gasteiger partial charge in [-0.05, 0) is 36.1 Å². The maximum atomic E-state index is 12.5. The van der Waals surface area contributed by atoms with Gasteiger partial charge >= 0.3 is 0 Å². The molecule has 0 saturated carbocycles. The van der Waals surface area contributed by atoms with Crippen molar-refractivity contribution in [3.63, 3.8) is 0 Å². The summed E-state index contributed by atoms with van der Waals surface area (Å²) in [5.74, 6) is 1.44. The zero-order valence-electron chi connectivity index (χ0n) is 15.7. The van der Waals surface area contributed by atoms with Crippen molar-refractivity contribution in [2.24, 2.45) is 0 Å². The van der Waals surface area contributed by atoms with Crippen molar-refractivity contribution >= 4 is 5.91 Å². The Morgan fingerprint density at radius 3 is 2.44 bits per heavy atom. The first-order valence-electron chi connectivity index (χ1n) is 9.66. The highest BCUT2D eigenvalue weighted by atomic mass is 16.2. The van der Waals surface area contributed by atoms with Crippen LogP contribution in [-0.4, -0.2) is 33.4 Å². The van der Waals surface area contributed by atoms with E-state index in [0.717, 1.165) is 43.9 Å². The molecule has 0 spiro atoms. The van der Waals surface area contributed by atoms with E-state index in [9.17, 15) is 4.79 Å². The molecule has 27 heavy (non-hydrogen) atoms. The molecule has 1 fully saturated rings. The molecule has 138 valence electrons. The molecule has 2 aromatic carbocycles. The lowest BCUT2D eigenvalue weighted by molar-refractivity contribution is 0.0793. The summed E-state index contributed by atoms with van der Waals surface area (Å²) in [6.45, 7) is 4.71. The van der Waals surface area contributed by atoms with Crippen LogP contribution in [0.4, 0.5) is 0 Å². The number of rotatable bonds is 5. The number of carbonyl (C=O) groups is 1. The summed E-state index contributed by atoms with van der Waals surface area (Å²) < 4.78 is 2.19. The molecule has 2 heterocycles. The minimum Gasteiger partial charge on any atom is -0.339 e. The van der Waals surface area contributed by atoms with Crippen LogP contribution in [0.5, 0.6) is 0 Å². The fraction of sp³-hybridized carbons (Fsp3) is 0.304. The van der Waals surface area contributed by atoms with Gasteiger partial charge in [-0.3, -0.25) is 4.79 Å². The second-order valence-corrected chi connectivity index (χ2v) is 7.24. The third-order valence-electron chi connectivity index (χ3n) is 5.38. The van der Waals surface area contributed by atoms with Crippen molar-refractivity contribution in [3.05, 3.63) is 89.5 Å². The first-order chi connectivity index (χ1) is 13.2. The molecule has 3 aromatic rings. The predicted molar refractivity (Wildman–Crippen MR) is 107 cm³/mol. The summed E-state index contributed by atoms with van der Waals surface area (Å²) in [7, 11) is 0. The van der Waals surface area contributed by atoms with E-state index in [1.807, 2.05) is 35.5 Å². The zero-order chi connectivity index (χ0) is 18.6. The molecule has 1 aliphatic heterocycles. The van der Waals surface area contributed by atoms with Crippen LogP contribution in [0.15, 0.2) is 67.0 Å². The molecule has 1 amide bonds. The lowest BCUT2D eigenvalue weighted by Gasteiger charge is -2.16. The summed E-state index contributed by atoms with van der Waals surface area (Å²) in [6.07, 6.45) is 6.12. The molecule has 1 aromatic heterocycles. The smallest absolute Gasteiger partial charge is 0.253 e. The number of carbonyl (C=O) groups excluding carboxylic acids is 1. The Labute approximate surface area is 160 Å². The first kappa shape index (κ1) is 17.5. The fourth-order valence-electron chi connectivity index (χ4n) is 3.78. The number of aromatic nitrogens is 2. The van der Waals surface area contributed by atoms with Crippen LogP contribution in [0.25, 0.3) is 0 Å². The monoisotopic (exact) mass is 359 g/mol. The molecule has 0 aliphatic carbocycles. The van der Waals surface area contributed by atoms with Crippen LogP contribution in [0.3, 0.4) is 0 Å². The van der Waals surface area contributed by atoms with Crippen LogP contribution < -0.4 is 0 Å². The minimum atomic E-state index is 0.153. The zero-order valence-corrected chi connectivity index (χ0v) is 15.7. The summed E-state index contributed by atoms with van der Waals surface area (Å²) in [5, 5.41) is 0. The van der Waals surface area contributed by atoms with Gasteiger partial charge in [0.15, 0.2) is 0 Å². The van der Waals surface area contributed by atoms with Crippen LogP contribution in [-0.2, 0) is 6.54 Å². The van der Waals surface area contributed by atoms with E-state index in [4.69, 9.17) is 0 Å². The number of hydrogen-bond donors (Lipinski definition) is 0. The number of likely N-dealkylation sites (tertiary alicyclic amines) is 1. The number of benzene rings is 2. The van der Waals surface area contributed by atoms with Gasteiger partial charge in [0.1, 0.15) is 5.82 Å². The summed E-state index contributed by atoms with van der Waals surface area (Å²) >= 11 is 0. The molecule has 1 saturated heterocycles. The fourth-order valence-corrected chi connectivity index (χ4v) is 3.78. The second kappa shape index (κ2) is 7.78. The average Bonchev–Trinajstić information content (AvgIpc) is 3.40. The Hall–Kier alpha value is -2.88. The topological polar surface area (TPSA) is 38.1 Å². The second-order valence-electron chi connectivity index (χ2n) is 7.24. The molecule has 4 rings (SSSR count). The van der Waals surface area contributed by atoms with Crippen LogP contribution in [0.2, 0.25) is 0 Å². The van der Waals surface area contributed by atoms with E-state index in [1.165, 1.54) is 11.1 Å². The number of imidazole rings is 1. The number of amides is 1. The maximum Gasteiger partial charge on any atom is 0.253 e. The van der Waals surface area contributed by atoms with E-state index in [2.05, 4.69) is 52.9 Å². The molecule has 0 bridgehead atoms. The first-order valence-corrected chi connectivity index (χ1v) is 9.66. The minimum absolute atomic E-state index is 0.153. The Kier molecular flexibility index (Phi) is 5.05. The highest BCUT2D eigenvalue weighted by molar-refractivity contribution is 5.94. The quantitative estimate of drug-likeness (QED) is 0.680. The van der Waals surface area contributed by atoms with Gasteiger partial charge in [0.2, 0.25) is 0 Å². The van der Waals surface area contributed by atoms with E-state index >= 15 is 0 Å². The van der Waals surface area contributed by atoms with E-state index in [1.54, 1.807) is 0 Å². The Bertz CT molecular complexity index is 893. The molecule has 0 unspecified atom stereocenters. The van der Waals surface area contributed by atoms with Gasteiger partial charge in [0.25, 0.3) is 5.91 Å². The molecule has 4 nitrogen and oxygen atoms in total.